The van der Waals surface area contributed by atoms with Crippen molar-refractivity contribution in [2.45, 2.75) is 44.4 Å². The van der Waals surface area contributed by atoms with Gasteiger partial charge < -0.3 is 15.0 Å². The molecule has 4 nitrogen and oxygen atoms in total. The maximum Gasteiger partial charge on any atom is 0.120 e. The van der Waals surface area contributed by atoms with Crippen LogP contribution in [0, 0.1) is 5.92 Å². The van der Waals surface area contributed by atoms with Crippen molar-refractivity contribution in [2.75, 3.05) is 6.61 Å². The van der Waals surface area contributed by atoms with E-state index in [4.69, 9.17) is 4.74 Å². The van der Waals surface area contributed by atoms with E-state index in [1.807, 2.05) is 6.20 Å². The van der Waals surface area contributed by atoms with Gasteiger partial charge in [-0.3, -0.25) is 0 Å². The van der Waals surface area contributed by atoms with Crippen LogP contribution in [0.5, 0.6) is 0 Å². The van der Waals surface area contributed by atoms with Gasteiger partial charge in [0, 0.05) is 31.0 Å². The molecule has 16 heavy (non-hydrogen) atoms. The van der Waals surface area contributed by atoms with E-state index in [2.05, 4.69) is 15.3 Å². The number of nitrogens with one attached hydrogen (secondary N) is 2. The Labute approximate surface area is 95.8 Å². The highest BCUT2D eigenvalue weighted by atomic mass is 16.5. The molecule has 0 amide bonds. The van der Waals surface area contributed by atoms with Crippen LogP contribution in [-0.2, 0) is 11.3 Å². The van der Waals surface area contributed by atoms with Crippen LogP contribution < -0.4 is 5.32 Å². The lowest BCUT2D eigenvalue weighted by molar-refractivity contribution is 0.0528. The first-order valence-electron chi connectivity index (χ1n) is 6.27. The van der Waals surface area contributed by atoms with Crippen molar-refractivity contribution in [1.82, 2.24) is 15.3 Å². The van der Waals surface area contributed by atoms with Gasteiger partial charge in [-0.25, -0.2) is 4.98 Å². The minimum absolute atomic E-state index is 0.517. The van der Waals surface area contributed by atoms with Crippen molar-refractivity contribution < 1.29 is 4.74 Å². The minimum atomic E-state index is 0.517. The maximum absolute atomic E-state index is 5.76. The number of H-pyrrole nitrogens is 1. The summed E-state index contributed by atoms with van der Waals surface area (Å²) in [6, 6.07) is 0.617. The number of imidazole rings is 1. The lowest BCUT2D eigenvalue weighted by Gasteiger charge is -2.33. The summed E-state index contributed by atoms with van der Waals surface area (Å²) >= 11 is 0. The molecule has 2 heterocycles. The van der Waals surface area contributed by atoms with E-state index in [1.165, 1.54) is 25.7 Å². The largest absolute Gasteiger partial charge is 0.378 e. The normalized spacial score (nSPS) is 33.9. The smallest absolute Gasteiger partial charge is 0.120 e. The second-order valence-corrected chi connectivity index (χ2v) is 4.82. The van der Waals surface area contributed by atoms with Crippen molar-refractivity contribution in [2.24, 2.45) is 5.92 Å². The first-order valence-corrected chi connectivity index (χ1v) is 6.27. The van der Waals surface area contributed by atoms with Crippen LogP contribution in [-0.4, -0.2) is 28.7 Å². The topological polar surface area (TPSA) is 49.9 Å². The molecule has 3 unspecified atom stereocenters. The predicted molar refractivity (Wildman–Crippen MR) is 60.9 cm³/mol. The minimum Gasteiger partial charge on any atom is -0.378 e. The highest BCUT2D eigenvalue weighted by molar-refractivity contribution is 4.93. The van der Waals surface area contributed by atoms with Crippen LogP contribution in [0.2, 0.25) is 0 Å². The molecule has 2 N–H and O–H groups in total. The summed E-state index contributed by atoms with van der Waals surface area (Å²) in [5, 5.41) is 3.62. The Morgan fingerprint density at radius 3 is 3.31 bits per heavy atom. The fraction of sp³-hybridized carbons (Fsp3) is 0.750. The van der Waals surface area contributed by atoms with Gasteiger partial charge in [0.2, 0.25) is 0 Å². The number of aromatic amines is 1. The second-order valence-electron chi connectivity index (χ2n) is 4.82. The fourth-order valence-corrected chi connectivity index (χ4v) is 3.05. The molecule has 3 atom stereocenters. The van der Waals surface area contributed by atoms with Gasteiger partial charge in [0.05, 0.1) is 12.6 Å². The monoisotopic (exact) mass is 221 g/mol. The van der Waals surface area contributed by atoms with Crippen LogP contribution >= 0.6 is 0 Å². The van der Waals surface area contributed by atoms with E-state index in [9.17, 15) is 0 Å². The summed E-state index contributed by atoms with van der Waals surface area (Å²) in [5.41, 5.74) is 0. The van der Waals surface area contributed by atoms with E-state index in [0.29, 0.717) is 12.1 Å². The number of nitrogens with zero attached hydrogens (tertiary/aromatic N) is 1. The molecule has 2 aliphatic rings. The van der Waals surface area contributed by atoms with Gasteiger partial charge in [-0.15, -0.1) is 0 Å². The van der Waals surface area contributed by atoms with Crippen molar-refractivity contribution in [3.8, 4) is 0 Å². The lowest BCUT2D eigenvalue weighted by atomic mass is 9.82. The van der Waals surface area contributed by atoms with Gasteiger partial charge in [-0.1, -0.05) is 0 Å². The van der Waals surface area contributed by atoms with E-state index < -0.39 is 0 Å². The SMILES string of the molecule is c1c[nH]c(CNC2CCCC3OCCC23)n1. The average Bonchev–Trinajstić information content (AvgIpc) is 2.97. The Balaban J connectivity index is 1.57. The molecule has 1 aliphatic carbocycles. The first-order chi connectivity index (χ1) is 7.93. The highest BCUT2D eigenvalue weighted by Crippen LogP contribution is 2.34. The molecule has 2 fully saturated rings. The van der Waals surface area contributed by atoms with Gasteiger partial charge in [0.1, 0.15) is 5.82 Å². The summed E-state index contributed by atoms with van der Waals surface area (Å²) in [7, 11) is 0. The summed E-state index contributed by atoms with van der Waals surface area (Å²) in [6.45, 7) is 1.80. The molecule has 0 aromatic carbocycles. The molecule has 0 spiro atoms. The molecular weight excluding hydrogens is 202 g/mol. The number of hydrogen-bond donors (Lipinski definition) is 2. The van der Waals surface area contributed by atoms with Gasteiger partial charge in [-0.05, 0) is 25.7 Å². The Hall–Kier alpha value is -0.870. The van der Waals surface area contributed by atoms with E-state index in [0.717, 1.165) is 24.9 Å². The number of fused-ring (bicyclic) bond motifs is 1. The molecule has 0 radical (unpaired) electrons. The third-order valence-corrected chi connectivity index (χ3v) is 3.87. The second kappa shape index (κ2) is 4.55. The zero-order valence-electron chi connectivity index (χ0n) is 9.48. The summed E-state index contributed by atoms with van der Waals surface area (Å²) in [6.07, 6.45) is 9.24. The molecule has 1 saturated heterocycles. The van der Waals surface area contributed by atoms with Gasteiger partial charge in [0.15, 0.2) is 0 Å². The molecule has 3 rings (SSSR count). The van der Waals surface area contributed by atoms with Crippen LogP contribution in [0.3, 0.4) is 0 Å². The third kappa shape index (κ3) is 1.99. The molecule has 1 aliphatic heterocycles. The van der Waals surface area contributed by atoms with Crippen molar-refractivity contribution in [1.29, 1.82) is 0 Å². The molecule has 0 bridgehead atoms. The van der Waals surface area contributed by atoms with Crippen molar-refractivity contribution in [3.63, 3.8) is 0 Å². The molecule has 88 valence electrons. The Kier molecular flexibility index (Phi) is 2.93. The van der Waals surface area contributed by atoms with Crippen LogP contribution in [0.4, 0.5) is 0 Å². The zero-order valence-corrected chi connectivity index (χ0v) is 9.48. The third-order valence-electron chi connectivity index (χ3n) is 3.87. The van der Waals surface area contributed by atoms with Crippen LogP contribution in [0.25, 0.3) is 0 Å². The Morgan fingerprint density at radius 2 is 2.44 bits per heavy atom. The maximum atomic E-state index is 5.76. The number of rotatable bonds is 3. The lowest BCUT2D eigenvalue weighted by Crippen LogP contribution is -2.42. The number of hydrogen-bond acceptors (Lipinski definition) is 3. The Morgan fingerprint density at radius 1 is 1.44 bits per heavy atom. The zero-order chi connectivity index (χ0) is 10.8. The summed E-state index contributed by atoms with van der Waals surface area (Å²) in [4.78, 5) is 7.37. The molecular formula is C12H19N3O. The van der Waals surface area contributed by atoms with Crippen molar-refractivity contribution >= 4 is 0 Å². The standard InChI is InChI=1S/C12H19N3O/c1-2-10(9-4-7-16-11(9)3-1)15-8-12-13-5-6-14-12/h5-6,9-11,15H,1-4,7-8H2,(H,13,14). The summed E-state index contributed by atoms with van der Waals surface area (Å²) < 4.78 is 5.76. The van der Waals surface area contributed by atoms with E-state index in [1.54, 1.807) is 6.20 Å². The fourth-order valence-electron chi connectivity index (χ4n) is 3.05. The van der Waals surface area contributed by atoms with Gasteiger partial charge >= 0.3 is 0 Å². The molecule has 4 heteroatoms. The van der Waals surface area contributed by atoms with Gasteiger partial charge in [-0.2, -0.15) is 0 Å². The highest BCUT2D eigenvalue weighted by Gasteiger charge is 2.37. The van der Waals surface area contributed by atoms with Crippen molar-refractivity contribution in [3.05, 3.63) is 18.2 Å². The predicted octanol–water partition coefficient (Wildman–Crippen LogP) is 1.46. The Bertz CT molecular complexity index is 325. The average molecular weight is 221 g/mol. The van der Waals surface area contributed by atoms with Gasteiger partial charge in [0.25, 0.3) is 0 Å². The van der Waals surface area contributed by atoms with Crippen LogP contribution in [0.15, 0.2) is 12.4 Å². The first kappa shape index (κ1) is 10.3. The number of aromatic nitrogens is 2. The van der Waals surface area contributed by atoms with E-state index in [-0.39, 0.29) is 0 Å². The number of ether oxygens (including phenoxy) is 1. The molecule has 1 aromatic heterocycles. The molecule has 1 saturated carbocycles. The summed E-state index contributed by atoms with van der Waals surface area (Å²) in [5.74, 6) is 1.75. The van der Waals surface area contributed by atoms with E-state index >= 15 is 0 Å². The molecule has 1 aromatic rings. The van der Waals surface area contributed by atoms with Crippen LogP contribution in [0.1, 0.15) is 31.5 Å². The quantitative estimate of drug-likeness (QED) is 0.812.